The highest BCUT2D eigenvalue weighted by Gasteiger charge is 2.52. The number of aliphatic carboxylic acids is 1. The first kappa shape index (κ1) is 93.8. The van der Waals surface area contributed by atoms with Gasteiger partial charge >= 0.3 is 36.2 Å². The van der Waals surface area contributed by atoms with Gasteiger partial charge in [-0.3, -0.25) is 47.7 Å². The molecule has 3 saturated carbocycles. The summed E-state index contributed by atoms with van der Waals surface area (Å²) in [6.45, 7) is 14.6. The summed E-state index contributed by atoms with van der Waals surface area (Å²) in [5.74, 6) is -0.0539. The number of nitrogens with zero attached hydrogens (tertiary/aromatic N) is 3. The van der Waals surface area contributed by atoms with Crippen LogP contribution in [0.15, 0.2) is 72.8 Å². The smallest absolute Gasteiger partial charge is 0.413 e. The van der Waals surface area contributed by atoms with E-state index < -0.39 is 81.7 Å². The Kier molecular flexibility index (Phi) is 39.6. The van der Waals surface area contributed by atoms with Crippen molar-refractivity contribution in [3.05, 3.63) is 105 Å². The molecule has 6 fully saturated rings. The number of halogens is 4. The van der Waals surface area contributed by atoms with E-state index in [0.717, 1.165) is 70.4 Å². The van der Waals surface area contributed by atoms with Gasteiger partial charge in [0.1, 0.15) is 22.4 Å². The molecule has 7 atom stereocenters. The van der Waals surface area contributed by atoms with Crippen LogP contribution >= 0.6 is 69.9 Å². The number of aliphatic hydroxyl groups is 1. The molecule has 103 heavy (non-hydrogen) atoms. The first-order chi connectivity index (χ1) is 47.3. The van der Waals surface area contributed by atoms with Crippen LogP contribution in [0, 0.1) is 16.2 Å². The molecule has 23 nitrogen and oxygen atoms in total. The molecule has 6 aliphatic rings. The highest BCUT2D eigenvalue weighted by atomic mass is 35.5. The lowest BCUT2D eigenvalue weighted by Gasteiger charge is -2.43. The van der Waals surface area contributed by atoms with Crippen molar-refractivity contribution < 1.29 is 95.5 Å². The van der Waals surface area contributed by atoms with Crippen LogP contribution in [0.5, 0.6) is 0 Å². The molecule has 4 unspecified atom stereocenters. The van der Waals surface area contributed by atoms with Crippen molar-refractivity contribution in [1.29, 1.82) is 0 Å². The first-order valence-electron chi connectivity index (χ1n) is 32.9. The molecule has 2 N–H and O–H groups in total. The van der Waals surface area contributed by atoms with Crippen LogP contribution in [0.4, 0.5) is 14.4 Å². The third-order valence-electron chi connectivity index (χ3n) is 17.7. The van der Waals surface area contributed by atoms with Crippen LogP contribution in [0.1, 0.15) is 158 Å². The number of rotatable bonds is 23. The van der Waals surface area contributed by atoms with Crippen LogP contribution in [0.25, 0.3) is 0 Å². The second-order valence-electron chi connectivity index (χ2n) is 26.4. The van der Waals surface area contributed by atoms with Gasteiger partial charge in [0.05, 0.1) is 51.1 Å². The van der Waals surface area contributed by atoms with Crippen molar-refractivity contribution in [1.82, 2.24) is 14.7 Å². The summed E-state index contributed by atoms with van der Waals surface area (Å²) in [5.41, 5.74) is -2.38. The lowest BCUT2D eigenvalue weighted by atomic mass is 9.74. The maximum absolute atomic E-state index is 13.1. The standard InChI is InChI=1S/C23H30ClNO7S.C23H30ClNO6S.C16H19Cl2NO3.C7H12O3S.CH4O.3CH4/c1-16(31-20(27)12-33(29)15-22(2)13-30-14-22)32-21(28)25(3)23(11-7-6-10-19(23)26)17-8-4-5-9-18(17)24;1-16(30-20(27)12-32-15-22(2)13-29-14-22)31-21(28)25(3)23(11-7-6-10-19(23)26)17-8-4-5-9-18(17)24;1-11(17)22-15(21)19(2)16(10-6-5-9-14(16)20)12-7-3-4-8-13(12)18;1-7(3-10-4-7)5-11-2-6(8)9;1-2;;;/h4-5,8-9,16H,6-7,10-15H2,1-3H3;4-5,8-9,16H,6-7,10-15H2,1-3H3;3-4,7-8,11H,5-6,9-10H2,1-2H3;2-5H2,1H3,(H,8,9);2H,1H3;3*1H4/t16?,23-,33?;16?,23-;11?,16-;;;;;/m000...../s1. The number of carboxylic acids is 1. The van der Waals surface area contributed by atoms with Gasteiger partial charge in [0.2, 0.25) is 12.6 Å². The van der Waals surface area contributed by atoms with Gasteiger partial charge in [-0.05, 0) is 82.9 Å². The second kappa shape index (κ2) is 43.5. The van der Waals surface area contributed by atoms with E-state index in [1.54, 1.807) is 80.7 Å². The number of alkyl halides is 1. The zero-order chi connectivity index (χ0) is 74.2. The summed E-state index contributed by atoms with van der Waals surface area (Å²) in [4.78, 5) is 116. The van der Waals surface area contributed by atoms with Crippen molar-refractivity contribution in [3.8, 4) is 0 Å². The molecule has 0 radical (unpaired) electrons. The molecule has 3 heterocycles. The van der Waals surface area contributed by atoms with E-state index in [9.17, 15) is 47.4 Å². The Morgan fingerprint density at radius 2 is 0.816 bits per heavy atom. The average molecular weight is 1580 g/mol. The number of carbonyl (C=O) groups excluding carboxylic acids is 8. The largest absolute Gasteiger partial charge is 0.481 e. The van der Waals surface area contributed by atoms with E-state index in [-0.39, 0.29) is 73.1 Å². The van der Waals surface area contributed by atoms with Crippen LogP contribution in [0.2, 0.25) is 15.1 Å². The van der Waals surface area contributed by atoms with E-state index in [2.05, 4.69) is 13.8 Å². The summed E-state index contributed by atoms with van der Waals surface area (Å²) >= 11 is 27.8. The fourth-order valence-corrected chi connectivity index (χ4v) is 16.7. The quantitative estimate of drug-likeness (QED) is 0.0386. The zero-order valence-corrected chi connectivity index (χ0v) is 63.9. The van der Waals surface area contributed by atoms with Crippen molar-refractivity contribution in [2.45, 2.75) is 176 Å². The Morgan fingerprint density at radius 1 is 0.505 bits per heavy atom. The molecular weight excluding hydrogens is 1480 g/mol. The number of carboxylic acid groups (broad SMARTS) is 1. The summed E-state index contributed by atoms with van der Waals surface area (Å²) in [5, 5.41) is 16.6. The van der Waals surface area contributed by atoms with Crippen molar-refractivity contribution in [3.63, 3.8) is 0 Å². The number of benzene rings is 3. The third kappa shape index (κ3) is 25.4. The minimum absolute atomic E-state index is 0. The van der Waals surface area contributed by atoms with E-state index >= 15 is 0 Å². The topological polar surface area (TPSA) is 295 Å². The summed E-state index contributed by atoms with van der Waals surface area (Å²) in [6.07, 6.45) is 2.70. The molecule has 9 rings (SSSR count). The number of ketones is 3. The molecule has 580 valence electrons. The zero-order valence-electron chi connectivity index (χ0n) is 58.5. The minimum Gasteiger partial charge on any atom is -0.481 e. The van der Waals surface area contributed by atoms with Crippen LogP contribution in [-0.4, -0.2) is 203 Å². The number of hydrogen-bond acceptors (Lipinski definition) is 21. The SMILES string of the molecule is C.C.C.CC(Cl)OC(=O)N(C)[C@]1(c2ccccc2Cl)CCCCC1=O.CC(OC(=O)CS(=O)CC1(C)COC1)OC(=O)N(C)[C@]1(c2ccccc2Cl)CCCCC1=O.CC(OC(=O)CSCC1(C)COC1)OC(=O)N(C)[C@]1(c2ccccc2Cl)CCCCC1=O.CC1(CSCC(=O)O)COC1.CO. The van der Waals surface area contributed by atoms with Crippen LogP contribution in [-0.2, 0) is 94.1 Å². The molecule has 3 aromatic rings. The average Bonchev–Trinajstić information content (AvgIpc) is 0.764. The summed E-state index contributed by atoms with van der Waals surface area (Å²) in [6, 6.07) is 21.1. The Balaban J connectivity index is 0.000000483. The predicted octanol–water partition coefficient (Wildman–Crippen LogP) is 14.5. The number of thioether (sulfide) groups is 2. The highest BCUT2D eigenvalue weighted by Crippen LogP contribution is 2.46. The fourth-order valence-electron chi connectivity index (χ4n) is 12.4. The van der Waals surface area contributed by atoms with Gasteiger partial charge in [0.25, 0.3) is 0 Å². The molecule has 0 bridgehead atoms. The van der Waals surface area contributed by atoms with Crippen molar-refractivity contribution in [2.75, 3.05) is 102 Å². The van der Waals surface area contributed by atoms with Crippen molar-refractivity contribution >= 4 is 134 Å². The van der Waals surface area contributed by atoms with E-state index in [1.165, 1.54) is 66.2 Å². The number of carbonyl (C=O) groups is 9. The number of likely N-dealkylation sites (N-methyl/N-ethyl adjacent to an activating group) is 3. The van der Waals surface area contributed by atoms with Gasteiger partial charge in [0, 0.05) is 137 Å². The number of hydrogen-bond donors (Lipinski definition) is 2. The molecule has 3 aliphatic carbocycles. The third-order valence-corrected chi connectivity index (χ3v) is 23.0. The molecule has 3 saturated heterocycles. The predicted molar refractivity (Wildman–Crippen MR) is 404 cm³/mol. The van der Waals surface area contributed by atoms with Gasteiger partial charge in [0.15, 0.2) is 22.9 Å². The Hall–Kier alpha value is -5.26. The van der Waals surface area contributed by atoms with Gasteiger partial charge < -0.3 is 48.1 Å². The Bertz CT molecular complexity index is 3320. The Labute approximate surface area is 639 Å². The molecular formula is C73H107Cl4N3O20S3. The lowest BCUT2D eigenvalue weighted by molar-refractivity contribution is -0.165. The summed E-state index contributed by atoms with van der Waals surface area (Å²) in [7, 11) is 4.16. The molecule has 3 aliphatic heterocycles. The van der Waals surface area contributed by atoms with Gasteiger partial charge in [-0.1, -0.05) is 144 Å². The van der Waals surface area contributed by atoms with Crippen LogP contribution < -0.4 is 0 Å². The molecule has 3 amide bonds. The molecule has 0 aromatic heterocycles. The van der Waals surface area contributed by atoms with E-state index in [1.807, 2.05) is 13.0 Å². The number of amides is 3. The van der Waals surface area contributed by atoms with Gasteiger partial charge in [-0.15, -0.1) is 23.5 Å². The molecule has 3 aromatic carbocycles. The highest BCUT2D eigenvalue weighted by molar-refractivity contribution is 8.00. The number of aliphatic hydroxyl groups excluding tert-OH is 1. The van der Waals surface area contributed by atoms with Crippen LogP contribution in [0.3, 0.4) is 0 Å². The van der Waals surface area contributed by atoms with Crippen molar-refractivity contribution in [2.24, 2.45) is 16.2 Å². The summed E-state index contributed by atoms with van der Waals surface area (Å²) < 4.78 is 53.7. The maximum atomic E-state index is 13.1. The van der Waals surface area contributed by atoms with E-state index in [4.69, 9.17) is 94.5 Å². The fraction of sp³-hybridized carbons (Fsp3) is 0.630. The number of ether oxygens (including phenoxy) is 8. The monoisotopic (exact) mass is 1580 g/mol. The number of Topliss-reactive ketones (excluding diaryl/α,β-unsaturated/α-hetero) is 3. The maximum Gasteiger partial charge on any atom is 0.413 e. The molecule has 30 heteroatoms. The Morgan fingerprint density at radius 3 is 1.11 bits per heavy atom. The van der Waals surface area contributed by atoms with E-state index in [0.29, 0.717) is 102 Å². The van der Waals surface area contributed by atoms with Gasteiger partial charge in [-0.25, -0.2) is 14.4 Å². The molecule has 0 spiro atoms. The first-order valence-corrected chi connectivity index (χ1v) is 38.3. The lowest BCUT2D eigenvalue weighted by Crippen LogP contribution is -2.54. The van der Waals surface area contributed by atoms with Gasteiger partial charge in [-0.2, -0.15) is 0 Å². The minimum atomic E-state index is -1.41. The number of esters is 2. The second-order valence-corrected chi connectivity index (χ2v) is 31.7. The normalized spacial score (nSPS) is 22.0.